The molecule has 2 amide bonds. The number of nitrogen functional groups attached to an aromatic ring is 1. The summed E-state index contributed by atoms with van der Waals surface area (Å²) in [6.45, 7) is 6.03. The van der Waals surface area contributed by atoms with Crippen molar-refractivity contribution in [3.05, 3.63) is 101 Å². The molecule has 3 aromatic rings. The first-order valence-corrected chi connectivity index (χ1v) is 14.4. The van der Waals surface area contributed by atoms with Crippen molar-refractivity contribution in [2.75, 3.05) is 44.2 Å². The van der Waals surface area contributed by atoms with E-state index in [1.165, 1.54) is 5.56 Å². The van der Waals surface area contributed by atoms with Crippen LogP contribution in [0.2, 0.25) is 5.02 Å². The Bertz CT molecular complexity index is 1300. The van der Waals surface area contributed by atoms with Gasteiger partial charge in [0.1, 0.15) is 5.84 Å². The average molecular weight is 560 g/mol. The van der Waals surface area contributed by atoms with Crippen LogP contribution in [-0.4, -0.2) is 61.0 Å². The number of amides is 2. The molecule has 210 valence electrons. The molecular weight excluding hydrogens is 522 g/mol. The molecule has 8 heteroatoms. The van der Waals surface area contributed by atoms with Gasteiger partial charge < -0.3 is 15.4 Å². The number of nitrogens with two attached hydrogens (primary N) is 1. The quantitative estimate of drug-likeness (QED) is 0.250. The molecule has 0 bridgehead atoms. The van der Waals surface area contributed by atoms with Gasteiger partial charge in [0.05, 0.1) is 13.2 Å². The molecule has 0 aromatic heterocycles. The van der Waals surface area contributed by atoms with Gasteiger partial charge in [0, 0.05) is 48.4 Å². The molecule has 3 N–H and O–H groups in total. The van der Waals surface area contributed by atoms with Crippen LogP contribution in [0.25, 0.3) is 0 Å². The van der Waals surface area contributed by atoms with Gasteiger partial charge >= 0.3 is 6.03 Å². The zero-order chi connectivity index (χ0) is 27.9. The van der Waals surface area contributed by atoms with Gasteiger partial charge in [-0.2, -0.15) is 0 Å². The molecular formula is C32H38ClN5O2. The van der Waals surface area contributed by atoms with Crippen molar-refractivity contribution in [3.8, 4) is 0 Å². The molecule has 2 heterocycles. The second kappa shape index (κ2) is 13.3. The summed E-state index contributed by atoms with van der Waals surface area (Å²) < 4.78 is 6.12. The molecule has 3 aromatic carbocycles. The summed E-state index contributed by atoms with van der Waals surface area (Å²) in [6.07, 6.45) is 2.11. The minimum Gasteiger partial charge on any atom is -0.384 e. The number of carbonyl (C=O) groups excluding carboxylic acids is 1. The molecule has 2 aliphatic rings. The summed E-state index contributed by atoms with van der Waals surface area (Å²) in [4.78, 5) is 20.1. The topological polar surface area (TPSA) is 85.9 Å². The Morgan fingerprint density at radius 2 is 1.68 bits per heavy atom. The van der Waals surface area contributed by atoms with E-state index in [1.54, 1.807) is 6.07 Å². The molecule has 1 unspecified atom stereocenters. The molecule has 40 heavy (non-hydrogen) atoms. The van der Waals surface area contributed by atoms with Crippen LogP contribution in [0.3, 0.4) is 0 Å². The highest BCUT2D eigenvalue weighted by Gasteiger charge is 2.35. The summed E-state index contributed by atoms with van der Waals surface area (Å²) in [5, 5.41) is 8.62. The van der Waals surface area contributed by atoms with Crippen LogP contribution in [0.1, 0.15) is 29.5 Å². The third-order valence-corrected chi connectivity index (χ3v) is 8.07. The lowest BCUT2D eigenvalue weighted by Crippen LogP contribution is -2.56. The van der Waals surface area contributed by atoms with E-state index in [1.807, 2.05) is 64.4 Å². The Hall–Kier alpha value is -3.39. The molecule has 1 atom stereocenters. The molecule has 2 saturated heterocycles. The van der Waals surface area contributed by atoms with Crippen LogP contribution in [-0.2, 0) is 17.9 Å². The van der Waals surface area contributed by atoms with E-state index in [9.17, 15) is 4.79 Å². The molecule has 2 fully saturated rings. The summed E-state index contributed by atoms with van der Waals surface area (Å²) in [7, 11) is 0. The average Bonchev–Trinajstić information content (AvgIpc) is 2.96. The van der Waals surface area contributed by atoms with Gasteiger partial charge in [-0.15, -0.1) is 0 Å². The molecule has 2 aliphatic heterocycles. The van der Waals surface area contributed by atoms with Crippen LogP contribution >= 0.6 is 11.6 Å². The monoisotopic (exact) mass is 559 g/mol. The van der Waals surface area contributed by atoms with Gasteiger partial charge in [-0.3, -0.25) is 15.2 Å². The van der Waals surface area contributed by atoms with E-state index >= 15 is 0 Å². The number of nitrogens with zero attached hydrogens (tertiary/aromatic N) is 3. The lowest BCUT2D eigenvalue weighted by molar-refractivity contribution is 0.0643. The minimum absolute atomic E-state index is 0.00422. The Balaban J connectivity index is 1.23. The van der Waals surface area contributed by atoms with Gasteiger partial charge in [0.25, 0.3) is 0 Å². The molecule has 0 radical (unpaired) electrons. The van der Waals surface area contributed by atoms with Gasteiger partial charge in [-0.05, 0) is 67.2 Å². The van der Waals surface area contributed by atoms with Gasteiger partial charge in [0.15, 0.2) is 0 Å². The van der Waals surface area contributed by atoms with Crippen LogP contribution in [0.15, 0.2) is 78.9 Å². The third kappa shape index (κ3) is 7.42. The lowest BCUT2D eigenvalue weighted by Gasteiger charge is -2.42. The first kappa shape index (κ1) is 28.1. The number of anilines is 1. The van der Waals surface area contributed by atoms with Crippen molar-refractivity contribution in [2.45, 2.75) is 26.0 Å². The fourth-order valence-corrected chi connectivity index (χ4v) is 5.93. The Kier molecular flexibility index (Phi) is 9.37. The minimum atomic E-state index is -0.00422. The number of carbonyl (C=O) groups is 1. The van der Waals surface area contributed by atoms with E-state index in [0.29, 0.717) is 37.8 Å². The second-order valence-corrected chi connectivity index (χ2v) is 11.4. The maximum absolute atomic E-state index is 13.8. The van der Waals surface area contributed by atoms with E-state index in [2.05, 4.69) is 23.1 Å². The predicted octanol–water partition coefficient (Wildman–Crippen LogP) is 5.61. The number of urea groups is 1. The van der Waals surface area contributed by atoms with E-state index in [4.69, 9.17) is 27.5 Å². The number of likely N-dealkylation sites (tertiary alicyclic amines) is 1. The Labute approximate surface area is 242 Å². The fourth-order valence-electron chi connectivity index (χ4n) is 5.72. The Morgan fingerprint density at radius 3 is 2.42 bits per heavy atom. The van der Waals surface area contributed by atoms with Crippen molar-refractivity contribution in [1.82, 2.24) is 9.80 Å². The number of nitrogens with one attached hydrogen (secondary N) is 1. The van der Waals surface area contributed by atoms with Crippen molar-refractivity contribution in [1.29, 1.82) is 5.41 Å². The van der Waals surface area contributed by atoms with E-state index in [0.717, 1.165) is 55.3 Å². The van der Waals surface area contributed by atoms with E-state index < -0.39 is 0 Å². The molecule has 5 rings (SSSR count). The molecule has 0 spiro atoms. The number of ether oxygens (including phenoxy) is 1. The summed E-state index contributed by atoms with van der Waals surface area (Å²) in [5.74, 6) is 0.620. The number of hydrogen-bond acceptors (Lipinski definition) is 4. The highest BCUT2D eigenvalue weighted by Crippen LogP contribution is 2.27. The highest BCUT2D eigenvalue weighted by atomic mass is 35.5. The number of benzene rings is 3. The summed E-state index contributed by atoms with van der Waals surface area (Å²) in [5.41, 5.74) is 9.52. The third-order valence-electron chi connectivity index (χ3n) is 7.84. The number of amidine groups is 1. The number of piperidine rings is 1. The maximum atomic E-state index is 13.8. The van der Waals surface area contributed by atoms with Gasteiger partial charge in [-0.1, -0.05) is 66.2 Å². The second-order valence-electron chi connectivity index (χ2n) is 11.0. The largest absolute Gasteiger partial charge is 0.384 e. The normalized spacial score (nSPS) is 18.7. The fraction of sp³-hybridized carbons (Fsp3) is 0.375. The molecule has 0 aliphatic carbocycles. The standard InChI is InChI=1S/C32H38ClN5O2/c33-29-10-4-8-26(16-29)18-36-14-12-24(13-15-36)19-37-20-27(23-40-22-25-6-2-1-3-7-25)21-38(32(37)39)30-11-5-9-28(17-30)31(34)35/h1-11,16-17,24,27H,12-15,18-23H2,(H3,34,35). The first-order chi connectivity index (χ1) is 19.4. The summed E-state index contributed by atoms with van der Waals surface area (Å²) >= 11 is 6.18. The Morgan fingerprint density at radius 1 is 0.925 bits per heavy atom. The van der Waals surface area contributed by atoms with Crippen LogP contribution in [0.5, 0.6) is 0 Å². The van der Waals surface area contributed by atoms with Crippen molar-refractivity contribution in [3.63, 3.8) is 0 Å². The van der Waals surface area contributed by atoms with Gasteiger partial charge in [-0.25, -0.2) is 4.79 Å². The van der Waals surface area contributed by atoms with Crippen LogP contribution < -0.4 is 10.6 Å². The smallest absolute Gasteiger partial charge is 0.324 e. The molecule has 0 saturated carbocycles. The van der Waals surface area contributed by atoms with Crippen LogP contribution in [0.4, 0.5) is 10.5 Å². The van der Waals surface area contributed by atoms with Crippen LogP contribution in [0, 0.1) is 17.2 Å². The highest BCUT2D eigenvalue weighted by molar-refractivity contribution is 6.30. The van der Waals surface area contributed by atoms with Crippen molar-refractivity contribution >= 4 is 29.2 Å². The zero-order valence-corrected chi connectivity index (χ0v) is 23.6. The van der Waals surface area contributed by atoms with Crippen molar-refractivity contribution in [2.24, 2.45) is 17.6 Å². The number of rotatable bonds is 10. The van der Waals surface area contributed by atoms with Gasteiger partial charge in [0.2, 0.25) is 0 Å². The molecule has 7 nitrogen and oxygen atoms in total. The number of hydrogen-bond donors (Lipinski definition) is 2. The summed E-state index contributed by atoms with van der Waals surface area (Å²) in [6, 6.07) is 25.7. The van der Waals surface area contributed by atoms with E-state index in [-0.39, 0.29) is 17.8 Å². The zero-order valence-electron chi connectivity index (χ0n) is 22.8. The SMILES string of the molecule is N=C(N)c1cccc(N2CC(COCc3ccccc3)CN(CC3CCN(Cc4cccc(Cl)c4)CC3)C2=O)c1. The van der Waals surface area contributed by atoms with Crippen molar-refractivity contribution < 1.29 is 9.53 Å². The lowest BCUT2D eigenvalue weighted by atomic mass is 9.94. The number of halogens is 1. The maximum Gasteiger partial charge on any atom is 0.324 e. The first-order valence-electron chi connectivity index (χ1n) is 14.0. The predicted molar refractivity (Wildman–Crippen MR) is 161 cm³/mol.